The third-order valence-electron chi connectivity index (χ3n) is 10.8. The number of carbonyl (C=O) groups is 3. The molecule has 8 nitrogen and oxygen atoms in total. The molecule has 1 saturated heterocycles. The summed E-state index contributed by atoms with van der Waals surface area (Å²) in [7, 11) is 0. The summed E-state index contributed by atoms with van der Waals surface area (Å²) in [5, 5.41) is 0. The van der Waals surface area contributed by atoms with E-state index < -0.39 is 34.5 Å². The molecule has 0 unspecified atom stereocenters. The van der Waals surface area contributed by atoms with Gasteiger partial charge in [-0.3, -0.25) is 14.4 Å². The standard InChI is InChI=1S/C41H27NO7/c43-37-35-36(38(44)42(37)28-14-8-3-9-15-28)41(27-12-6-2-7-13-27)34(25-17-19-30-32(21-25)49-23-47-30)33(24-16-18-29-31(20-24)48-22-46-29)40(35,39(41)45)26-10-4-1-5-11-26/h1-21,35-36H,22-23H2/t35-,36-,40-,41-/m0/s1. The zero-order chi connectivity index (χ0) is 32.9. The highest BCUT2D eigenvalue weighted by Crippen LogP contribution is 2.74. The molecule has 3 aliphatic heterocycles. The fourth-order valence-electron chi connectivity index (χ4n) is 9.06. The maximum Gasteiger partial charge on any atom is 0.239 e. The van der Waals surface area contributed by atoms with E-state index in [0.29, 0.717) is 62.1 Å². The van der Waals surface area contributed by atoms with Crippen molar-refractivity contribution in [1.82, 2.24) is 0 Å². The van der Waals surface area contributed by atoms with Crippen molar-refractivity contribution in [2.24, 2.45) is 11.8 Å². The molecule has 2 amide bonds. The van der Waals surface area contributed by atoms with Crippen LogP contribution in [0.15, 0.2) is 127 Å². The summed E-state index contributed by atoms with van der Waals surface area (Å²) >= 11 is 0. The number of carbonyl (C=O) groups excluding carboxylic acids is 3. The Morgan fingerprint density at radius 3 is 1.35 bits per heavy atom. The summed E-state index contributed by atoms with van der Waals surface area (Å²) in [5.74, 6) is -0.815. The number of hydrogen-bond acceptors (Lipinski definition) is 7. The summed E-state index contributed by atoms with van der Waals surface area (Å²) in [6.07, 6.45) is 0. The van der Waals surface area contributed by atoms with Gasteiger partial charge in [-0.25, -0.2) is 4.90 Å². The first kappa shape index (κ1) is 27.9. The van der Waals surface area contributed by atoms with Gasteiger partial charge in [0.25, 0.3) is 0 Å². The third kappa shape index (κ3) is 3.40. The van der Waals surface area contributed by atoms with Gasteiger partial charge in [-0.05, 0) is 69.8 Å². The smallest absolute Gasteiger partial charge is 0.239 e. The van der Waals surface area contributed by atoms with Gasteiger partial charge in [-0.1, -0.05) is 91.0 Å². The van der Waals surface area contributed by atoms with Crippen LogP contribution in [0.4, 0.5) is 5.69 Å². The van der Waals surface area contributed by atoms with E-state index in [1.54, 1.807) is 24.3 Å². The molecule has 49 heavy (non-hydrogen) atoms. The zero-order valence-corrected chi connectivity index (χ0v) is 26.0. The molecule has 8 heteroatoms. The molecule has 0 radical (unpaired) electrons. The molecule has 2 aliphatic carbocycles. The lowest BCUT2D eigenvalue weighted by molar-refractivity contribution is -0.130. The van der Waals surface area contributed by atoms with Gasteiger partial charge in [0.05, 0.1) is 28.4 Å². The molecular formula is C41H27NO7. The Balaban J connectivity index is 1.38. The van der Waals surface area contributed by atoms with Crippen molar-refractivity contribution in [3.63, 3.8) is 0 Å². The number of benzene rings is 5. The maximum atomic E-state index is 16.1. The van der Waals surface area contributed by atoms with E-state index in [1.807, 2.05) is 103 Å². The van der Waals surface area contributed by atoms with Crippen LogP contribution in [0.1, 0.15) is 22.3 Å². The normalized spacial score (nSPS) is 25.8. The fourth-order valence-corrected chi connectivity index (χ4v) is 9.06. The number of nitrogens with zero attached hydrogens (tertiary/aromatic N) is 1. The molecule has 5 aromatic rings. The molecule has 238 valence electrons. The molecule has 4 atom stereocenters. The van der Waals surface area contributed by atoms with Crippen molar-refractivity contribution in [2.75, 3.05) is 18.5 Å². The van der Waals surface area contributed by atoms with Crippen LogP contribution >= 0.6 is 0 Å². The predicted octanol–water partition coefficient (Wildman–Crippen LogP) is 6.33. The topological polar surface area (TPSA) is 91.4 Å². The maximum absolute atomic E-state index is 16.1. The highest BCUT2D eigenvalue weighted by atomic mass is 16.7. The van der Waals surface area contributed by atoms with E-state index in [0.717, 1.165) is 0 Å². The first-order valence-corrected chi connectivity index (χ1v) is 16.2. The minimum absolute atomic E-state index is 0.0767. The predicted molar refractivity (Wildman–Crippen MR) is 179 cm³/mol. The highest BCUT2D eigenvalue weighted by Gasteiger charge is 2.82. The SMILES string of the molecule is O=C1[C@@H]2[C@@H](C(=O)N1c1ccccc1)[C@@]1(c3ccccc3)C(=O)[C@@]2(c2ccccc2)C(c2ccc3c(c2)OCO3)=C1c1ccc2c(c1)OCO2. The van der Waals surface area contributed by atoms with E-state index in [2.05, 4.69) is 0 Å². The van der Waals surface area contributed by atoms with E-state index >= 15 is 14.4 Å². The second-order valence-corrected chi connectivity index (χ2v) is 12.9. The van der Waals surface area contributed by atoms with E-state index in [-0.39, 0.29) is 19.4 Å². The minimum Gasteiger partial charge on any atom is -0.454 e. The Morgan fingerprint density at radius 2 is 0.898 bits per heavy atom. The number of ether oxygens (including phenoxy) is 4. The monoisotopic (exact) mass is 645 g/mol. The number of rotatable bonds is 5. The molecular weight excluding hydrogens is 618 g/mol. The number of hydrogen-bond donors (Lipinski definition) is 0. The average molecular weight is 646 g/mol. The zero-order valence-electron chi connectivity index (χ0n) is 26.0. The number of para-hydroxylation sites is 1. The lowest BCUT2D eigenvalue weighted by Crippen LogP contribution is -2.45. The number of amides is 2. The molecule has 2 fully saturated rings. The van der Waals surface area contributed by atoms with Crippen molar-refractivity contribution in [3.8, 4) is 23.0 Å². The van der Waals surface area contributed by atoms with E-state index in [4.69, 9.17) is 18.9 Å². The molecule has 0 aromatic heterocycles. The van der Waals surface area contributed by atoms with Gasteiger partial charge in [0.1, 0.15) is 0 Å². The van der Waals surface area contributed by atoms with Crippen LogP contribution < -0.4 is 23.8 Å². The Labute approximate surface area is 281 Å². The molecule has 0 spiro atoms. The van der Waals surface area contributed by atoms with Gasteiger partial charge in [0, 0.05) is 0 Å². The lowest BCUT2D eigenvalue weighted by atomic mass is 9.59. The van der Waals surface area contributed by atoms with Crippen molar-refractivity contribution >= 4 is 34.4 Å². The van der Waals surface area contributed by atoms with Crippen LogP contribution in [0.5, 0.6) is 23.0 Å². The Morgan fingerprint density at radius 1 is 0.490 bits per heavy atom. The summed E-state index contributed by atoms with van der Waals surface area (Å²) in [6.45, 7) is 0.153. The van der Waals surface area contributed by atoms with Gasteiger partial charge in [-0.15, -0.1) is 0 Å². The molecule has 5 aliphatic rings. The van der Waals surface area contributed by atoms with Crippen LogP contribution in [0, 0.1) is 11.8 Å². The first-order chi connectivity index (χ1) is 24.1. The molecule has 10 rings (SSSR count). The Kier molecular flexibility index (Phi) is 5.66. The van der Waals surface area contributed by atoms with Crippen molar-refractivity contribution < 1.29 is 33.3 Å². The second kappa shape index (κ2) is 9.93. The molecule has 5 aromatic carbocycles. The molecule has 2 bridgehead atoms. The average Bonchev–Trinajstić information content (AvgIpc) is 3.95. The molecule has 1 saturated carbocycles. The molecule has 3 heterocycles. The number of ketones is 1. The van der Waals surface area contributed by atoms with E-state index in [9.17, 15) is 0 Å². The summed E-state index contributed by atoms with van der Waals surface area (Å²) < 4.78 is 23.1. The first-order valence-electron chi connectivity index (χ1n) is 16.2. The number of fused-ring (bicyclic) bond motifs is 7. The Hall–Kier alpha value is -6.15. The minimum atomic E-state index is -1.54. The largest absolute Gasteiger partial charge is 0.454 e. The fraction of sp³-hybridized carbons (Fsp3) is 0.146. The number of allylic oxidation sites excluding steroid dienone is 2. The van der Waals surface area contributed by atoms with Gasteiger partial charge in [0.2, 0.25) is 25.4 Å². The third-order valence-corrected chi connectivity index (χ3v) is 10.8. The Bertz CT molecular complexity index is 2130. The summed E-state index contributed by atoms with van der Waals surface area (Å²) in [6, 6.07) is 39.1. The number of imide groups is 1. The quantitative estimate of drug-likeness (QED) is 0.206. The van der Waals surface area contributed by atoms with Gasteiger partial charge < -0.3 is 18.9 Å². The van der Waals surface area contributed by atoms with Crippen molar-refractivity contribution in [2.45, 2.75) is 10.8 Å². The van der Waals surface area contributed by atoms with E-state index in [1.165, 1.54) is 4.90 Å². The number of anilines is 1. The van der Waals surface area contributed by atoms with Crippen LogP contribution in [-0.4, -0.2) is 31.2 Å². The lowest BCUT2D eigenvalue weighted by Gasteiger charge is -2.39. The highest BCUT2D eigenvalue weighted by molar-refractivity contribution is 6.39. The van der Waals surface area contributed by atoms with Crippen LogP contribution in [0.3, 0.4) is 0 Å². The van der Waals surface area contributed by atoms with Gasteiger partial charge in [-0.2, -0.15) is 0 Å². The van der Waals surface area contributed by atoms with Crippen LogP contribution in [0.2, 0.25) is 0 Å². The summed E-state index contributed by atoms with van der Waals surface area (Å²) in [4.78, 5) is 47.6. The summed E-state index contributed by atoms with van der Waals surface area (Å²) in [5.41, 5.74) is 1.38. The van der Waals surface area contributed by atoms with Crippen molar-refractivity contribution in [1.29, 1.82) is 0 Å². The molecule has 0 N–H and O–H groups in total. The van der Waals surface area contributed by atoms with Crippen LogP contribution in [0.25, 0.3) is 11.1 Å². The van der Waals surface area contributed by atoms with Crippen LogP contribution in [-0.2, 0) is 25.2 Å². The number of Topliss-reactive ketones (excluding diaryl/α,β-unsaturated/α-hetero) is 1. The van der Waals surface area contributed by atoms with Gasteiger partial charge in [0.15, 0.2) is 28.8 Å². The van der Waals surface area contributed by atoms with Crippen molar-refractivity contribution in [3.05, 3.63) is 150 Å². The van der Waals surface area contributed by atoms with Gasteiger partial charge >= 0.3 is 0 Å². The second-order valence-electron chi connectivity index (χ2n) is 12.9.